The summed E-state index contributed by atoms with van der Waals surface area (Å²) in [5, 5.41) is 7.06. The molecule has 0 aromatic heterocycles. The molecular formula is C22H48N2O3. The molecule has 0 aliphatic rings. The highest BCUT2D eigenvalue weighted by atomic mass is 16.5. The zero-order valence-electron chi connectivity index (χ0n) is 19.9. The Hall–Kier alpha value is -0.200. The highest BCUT2D eigenvalue weighted by molar-refractivity contribution is 4.82. The predicted octanol–water partition coefficient (Wildman–Crippen LogP) is 3.72. The second kappa shape index (κ2) is 11.7. The number of ether oxygens (including phenoxy) is 3. The van der Waals surface area contributed by atoms with Crippen molar-refractivity contribution in [3.05, 3.63) is 0 Å². The fraction of sp³-hybridized carbons (Fsp3) is 1.00. The summed E-state index contributed by atoms with van der Waals surface area (Å²) in [5.74, 6) is 0. The third kappa shape index (κ3) is 14.5. The second-order valence-corrected chi connectivity index (χ2v) is 10.9. The number of methoxy groups -OCH3 is 1. The summed E-state index contributed by atoms with van der Waals surface area (Å²) >= 11 is 0. The summed E-state index contributed by atoms with van der Waals surface area (Å²) in [6.07, 6.45) is 0. The number of nitrogens with one attached hydrogen (secondary N) is 2. The quantitative estimate of drug-likeness (QED) is 0.422. The minimum atomic E-state index is -0.0686. The van der Waals surface area contributed by atoms with Crippen molar-refractivity contribution in [2.45, 2.75) is 67.9 Å². The van der Waals surface area contributed by atoms with E-state index < -0.39 is 0 Å². The van der Waals surface area contributed by atoms with Crippen molar-refractivity contribution in [1.82, 2.24) is 10.6 Å². The van der Waals surface area contributed by atoms with Gasteiger partial charge in [-0.25, -0.2) is 0 Å². The highest BCUT2D eigenvalue weighted by Gasteiger charge is 2.27. The maximum Gasteiger partial charge on any atom is 0.0643 e. The van der Waals surface area contributed by atoms with Gasteiger partial charge >= 0.3 is 0 Å². The fourth-order valence-electron chi connectivity index (χ4n) is 2.71. The maximum atomic E-state index is 6.03. The lowest BCUT2D eigenvalue weighted by Gasteiger charge is -2.34. The lowest BCUT2D eigenvalue weighted by Crippen LogP contribution is -2.49. The molecule has 27 heavy (non-hydrogen) atoms. The van der Waals surface area contributed by atoms with Crippen LogP contribution in [-0.2, 0) is 14.2 Å². The third-order valence-corrected chi connectivity index (χ3v) is 4.38. The first kappa shape index (κ1) is 26.8. The summed E-state index contributed by atoms with van der Waals surface area (Å²) in [7, 11) is 1.74. The molecule has 0 aliphatic carbocycles. The van der Waals surface area contributed by atoms with E-state index in [0.717, 1.165) is 32.8 Å². The number of rotatable bonds is 16. The number of hydrogen-bond donors (Lipinski definition) is 2. The van der Waals surface area contributed by atoms with Gasteiger partial charge in [0.1, 0.15) is 0 Å². The van der Waals surface area contributed by atoms with Gasteiger partial charge < -0.3 is 24.8 Å². The third-order valence-electron chi connectivity index (χ3n) is 4.38. The first-order chi connectivity index (χ1) is 12.2. The summed E-state index contributed by atoms with van der Waals surface area (Å²) in [6.45, 7) is 26.2. The normalized spacial score (nSPS) is 14.0. The Morgan fingerprint density at radius 3 is 1.63 bits per heavy atom. The van der Waals surface area contributed by atoms with Crippen LogP contribution in [0.3, 0.4) is 0 Å². The summed E-state index contributed by atoms with van der Waals surface area (Å²) in [6, 6.07) is 0. The Morgan fingerprint density at radius 1 is 0.630 bits per heavy atom. The molecule has 5 heteroatoms. The molecule has 2 N–H and O–H groups in total. The van der Waals surface area contributed by atoms with Crippen molar-refractivity contribution in [1.29, 1.82) is 0 Å². The largest absolute Gasteiger partial charge is 0.384 e. The predicted molar refractivity (Wildman–Crippen MR) is 115 cm³/mol. The van der Waals surface area contributed by atoms with E-state index in [9.17, 15) is 0 Å². The van der Waals surface area contributed by atoms with Gasteiger partial charge in [-0.05, 0) is 20.4 Å². The zero-order valence-corrected chi connectivity index (χ0v) is 19.9. The highest BCUT2D eigenvalue weighted by Crippen LogP contribution is 2.21. The fourth-order valence-corrected chi connectivity index (χ4v) is 2.71. The Balaban J connectivity index is 4.21. The lowest BCUT2D eigenvalue weighted by atomic mass is 9.92. The van der Waals surface area contributed by atoms with Crippen LogP contribution >= 0.6 is 0 Å². The molecule has 0 radical (unpaired) electrons. The molecule has 5 nitrogen and oxygen atoms in total. The molecule has 0 amide bonds. The molecule has 0 atom stereocenters. The molecule has 0 saturated heterocycles. The first-order valence-corrected chi connectivity index (χ1v) is 10.3. The lowest BCUT2D eigenvalue weighted by molar-refractivity contribution is -0.0184. The van der Waals surface area contributed by atoms with Crippen LogP contribution in [0, 0.1) is 16.2 Å². The van der Waals surface area contributed by atoms with Crippen LogP contribution in [0.15, 0.2) is 0 Å². The first-order valence-electron chi connectivity index (χ1n) is 10.3. The zero-order chi connectivity index (χ0) is 21.2. The van der Waals surface area contributed by atoms with Crippen LogP contribution < -0.4 is 10.6 Å². The monoisotopic (exact) mass is 388 g/mol. The van der Waals surface area contributed by atoms with E-state index in [4.69, 9.17) is 14.2 Å². The van der Waals surface area contributed by atoms with E-state index in [0.29, 0.717) is 19.8 Å². The molecule has 164 valence electrons. The van der Waals surface area contributed by atoms with Crippen LogP contribution in [0.4, 0.5) is 0 Å². The Morgan fingerprint density at radius 2 is 1.11 bits per heavy atom. The molecule has 0 rings (SSSR count). The second-order valence-electron chi connectivity index (χ2n) is 10.9. The van der Waals surface area contributed by atoms with E-state index in [1.807, 2.05) is 0 Å². The van der Waals surface area contributed by atoms with Gasteiger partial charge in [0.2, 0.25) is 0 Å². The average molecular weight is 389 g/mol. The molecule has 0 aromatic rings. The summed E-state index contributed by atoms with van der Waals surface area (Å²) in [4.78, 5) is 0. The van der Waals surface area contributed by atoms with Crippen LogP contribution in [0.1, 0.15) is 62.3 Å². The molecule has 0 heterocycles. The van der Waals surface area contributed by atoms with Crippen LogP contribution in [0.2, 0.25) is 0 Å². The van der Waals surface area contributed by atoms with Crippen LogP contribution in [0.25, 0.3) is 0 Å². The van der Waals surface area contributed by atoms with Gasteiger partial charge in [-0.2, -0.15) is 0 Å². The number of hydrogen-bond acceptors (Lipinski definition) is 5. The molecule has 0 fully saturated rings. The van der Waals surface area contributed by atoms with Crippen molar-refractivity contribution >= 4 is 0 Å². The van der Waals surface area contributed by atoms with Crippen molar-refractivity contribution in [3.63, 3.8) is 0 Å². The summed E-state index contributed by atoms with van der Waals surface area (Å²) < 4.78 is 17.3. The van der Waals surface area contributed by atoms with Gasteiger partial charge in [-0.1, -0.05) is 48.5 Å². The van der Waals surface area contributed by atoms with Gasteiger partial charge in [0.05, 0.1) is 33.0 Å². The standard InChI is InChI=1S/C22H48N2O3/c1-11-23-12-19(2,3)15-27-18-22(8,9)24-13-20(4,5)16-26-17-21(6,7)14-25-10/h23-24H,11-18H2,1-10H3. The van der Waals surface area contributed by atoms with Gasteiger partial charge in [-0.15, -0.1) is 0 Å². The SMILES string of the molecule is CCNCC(C)(C)COCC(C)(C)NCC(C)(C)COCC(C)(C)COC. The van der Waals surface area contributed by atoms with E-state index in [1.54, 1.807) is 7.11 Å². The molecule has 0 spiro atoms. The van der Waals surface area contributed by atoms with Crippen molar-refractivity contribution in [2.75, 3.05) is 59.8 Å². The molecule has 0 aliphatic heterocycles. The van der Waals surface area contributed by atoms with Crippen LogP contribution in [0.5, 0.6) is 0 Å². The molecular weight excluding hydrogens is 340 g/mol. The topological polar surface area (TPSA) is 51.8 Å². The van der Waals surface area contributed by atoms with Crippen molar-refractivity contribution in [3.8, 4) is 0 Å². The van der Waals surface area contributed by atoms with Crippen LogP contribution in [-0.4, -0.2) is 65.3 Å². The smallest absolute Gasteiger partial charge is 0.0643 e. The Bertz CT molecular complexity index is 393. The maximum absolute atomic E-state index is 6.03. The minimum absolute atomic E-state index is 0.0464. The van der Waals surface area contributed by atoms with Crippen molar-refractivity contribution < 1.29 is 14.2 Å². The molecule has 0 saturated carbocycles. The Labute approximate surface area is 169 Å². The van der Waals surface area contributed by atoms with Gasteiger partial charge in [0, 0.05) is 42.0 Å². The molecule has 0 unspecified atom stereocenters. The van der Waals surface area contributed by atoms with E-state index >= 15 is 0 Å². The van der Waals surface area contributed by atoms with E-state index in [2.05, 4.69) is 72.9 Å². The minimum Gasteiger partial charge on any atom is -0.384 e. The molecule has 0 bridgehead atoms. The van der Waals surface area contributed by atoms with Gasteiger partial charge in [-0.3, -0.25) is 0 Å². The van der Waals surface area contributed by atoms with E-state index in [1.165, 1.54) is 0 Å². The van der Waals surface area contributed by atoms with Crippen molar-refractivity contribution in [2.24, 2.45) is 16.2 Å². The Kier molecular flexibility index (Phi) is 11.6. The van der Waals surface area contributed by atoms with Gasteiger partial charge in [0.15, 0.2) is 0 Å². The van der Waals surface area contributed by atoms with Gasteiger partial charge in [0.25, 0.3) is 0 Å². The summed E-state index contributed by atoms with van der Waals surface area (Å²) in [5.41, 5.74) is 0.185. The molecule has 0 aromatic carbocycles. The average Bonchev–Trinajstić information content (AvgIpc) is 2.50. The van der Waals surface area contributed by atoms with E-state index in [-0.39, 0.29) is 21.8 Å².